The molecule has 0 unspecified atom stereocenters. The molecule has 2 N–H and O–H groups in total. The van der Waals surface area contributed by atoms with Gasteiger partial charge in [0, 0.05) is 30.7 Å². The number of hydrogen-bond donors (Lipinski definition) is 2. The van der Waals surface area contributed by atoms with E-state index in [4.69, 9.17) is 14.5 Å². The number of nitrogens with one attached hydrogen (secondary N) is 1. The van der Waals surface area contributed by atoms with Gasteiger partial charge in [0.2, 0.25) is 5.91 Å². The first-order chi connectivity index (χ1) is 18.0. The lowest BCUT2D eigenvalue weighted by atomic mass is 9.91. The standard InChI is InChI=1S/C29H30N2O4S2/c1-18-25(17-36-29-31-24-5-3-4-6-26(24)37-29)34-28(23-13-7-20(8-14-23)15-30-19(2)33)35-27(18)22-11-9-21(16-32)10-12-22/h3-14,18,25,27-28,32H,15-17H2,1-2H3,(H,30,33)/t18-,25+,27+,28+/m1/s1. The Kier molecular flexibility index (Phi) is 8.22. The van der Waals surface area contributed by atoms with E-state index < -0.39 is 6.29 Å². The Balaban J connectivity index is 1.36. The highest BCUT2D eigenvalue weighted by molar-refractivity contribution is 8.01. The number of amides is 1. The van der Waals surface area contributed by atoms with Crippen LogP contribution in [0.3, 0.4) is 0 Å². The van der Waals surface area contributed by atoms with E-state index in [-0.39, 0.29) is 30.6 Å². The van der Waals surface area contributed by atoms with Gasteiger partial charge >= 0.3 is 0 Å². The van der Waals surface area contributed by atoms with Crippen LogP contribution in [0.15, 0.2) is 77.1 Å². The van der Waals surface area contributed by atoms with Gasteiger partial charge in [0.05, 0.1) is 29.0 Å². The molecular weight excluding hydrogens is 504 g/mol. The largest absolute Gasteiger partial charge is 0.392 e. The van der Waals surface area contributed by atoms with E-state index in [1.54, 1.807) is 23.1 Å². The molecule has 0 radical (unpaired) electrons. The zero-order chi connectivity index (χ0) is 25.8. The number of hydrogen-bond acceptors (Lipinski definition) is 7. The van der Waals surface area contributed by atoms with Crippen LogP contribution >= 0.6 is 23.1 Å². The highest BCUT2D eigenvalue weighted by Gasteiger charge is 2.38. The summed E-state index contributed by atoms with van der Waals surface area (Å²) in [6.07, 6.45) is -0.738. The summed E-state index contributed by atoms with van der Waals surface area (Å²) >= 11 is 3.43. The van der Waals surface area contributed by atoms with Crippen molar-refractivity contribution in [2.24, 2.45) is 5.92 Å². The minimum atomic E-state index is -0.519. The van der Waals surface area contributed by atoms with Crippen molar-refractivity contribution < 1.29 is 19.4 Å². The number of nitrogens with zero attached hydrogens (tertiary/aromatic N) is 1. The van der Waals surface area contributed by atoms with Crippen molar-refractivity contribution >= 4 is 39.2 Å². The van der Waals surface area contributed by atoms with Crippen molar-refractivity contribution in [1.29, 1.82) is 0 Å². The van der Waals surface area contributed by atoms with Gasteiger partial charge < -0.3 is 19.9 Å². The smallest absolute Gasteiger partial charge is 0.217 e. The maximum Gasteiger partial charge on any atom is 0.217 e. The van der Waals surface area contributed by atoms with E-state index in [9.17, 15) is 9.90 Å². The molecule has 1 aromatic heterocycles. The number of para-hydroxylation sites is 1. The predicted molar refractivity (Wildman–Crippen MR) is 147 cm³/mol. The van der Waals surface area contributed by atoms with Crippen LogP contribution in [0, 0.1) is 5.92 Å². The third-order valence-corrected chi connectivity index (χ3v) is 8.83. The number of benzene rings is 3. The third kappa shape index (κ3) is 6.22. The van der Waals surface area contributed by atoms with E-state index in [0.717, 1.165) is 37.9 Å². The number of aliphatic hydroxyl groups excluding tert-OH is 1. The van der Waals surface area contributed by atoms with Crippen molar-refractivity contribution in [1.82, 2.24) is 10.3 Å². The van der Waals surface area contributed by atoms with Gasteiger partial charge in [-0.05, 0) is 28.8 Å². The van der Waals surface area contributed by atoms with Gasteiger partial charge in [-0.25, -0.2) is 4.98 Å². The van der Waals surface area contributed by atoms with Crippen molar-refractivity contribution in [2.75, 3.05) is 5.75 Å². The summed E-state index contributed by atoms with van der Waals surface area (Å²) in [6, 6.07) is 24.1. The number of thiazole rings is 1. The number of ether oxygens (including phenoxy) is 2. The summed E-state index contributed by atoms with van der Waals surface area (Å²) in [7, 11) is 0. The van der Waals surface area contributed by atoms with Crippen LogP contribution in [0.4, 0.5) is 0 Å². The molecule has 1 fully saturated rings. The first-order valence-corrected chi connectivity index (χ1v) is 14.1. The first-order valence-electron chi connectivity index (χ1n) is 12.3. The zero-order valence-corrected chi connectivity index (χ0v) is 22.4. The summed E-state index contributed by atoms with van der Waals surface area (Å²) in [5.41, 5.74) is 4.91. The summed E-state index contributed by atoms with van der Waals surface area (Å²) in [6.45, 7) is 4.18. The number of aliphatic hydroxyl groups is 1. The Morgan fingerprint density at radius 3 is 2.41 bits per heavy atom. The molecule has 8 heteroatoms. The maximum atomic E-state index is 11.3. The van der Waals surface area contributed by atoms with E-state index in [0.29, 0.717) is 6.54 Å². The zero-order valence-electron chi connectivity index (χ0n) is 20.8. The minimum Gasteiger partial charge on any atom is -0.392 e. The molecule has 4 atom stereocenters. The van der Waals surface area contributed by atoms with Crippen molar-refractivity contribution in [3.05, 3.63) is 95.1 Å². The normalized spacial score (nSPS) is 21.7. The Morgan fingerprint density at radius 2 is 1.70 bits per heavy atom. The van der Waals surface area contributed by atoms with Crippen LogP contribution in [0.1, 0.15) is 48.5 Å². The van der Waals surface area contributed by atoms with Crippen molar-refractivity contribution in [3.63, 3.8) is 0 Å². The average Bonchev–Trinajstić information content (AvgIpc) is 3.35. The van der Waals surface area contributed by atoms with Gasteiger partial charge in [0.1, 0.15) is 0 Å². The van der Waals surface area contributed by atoms with E-state index in [1.807, 2.05) is 66.7 Å². The fourth-order valence-corrected chi connectivity index (χ4v) is 6.65. The maximum absolute atomic E-state index is 11.3. The van der Waals surface area contributed by atoms with Crippen LogP contribution in [0.5, 0.6) is 0 Å². The molecule has 1 aliphatic heterocycles. The number of rotatable bonds is 8. The second-order valence-corrected chi connectivity index (χ2v) is 11.5. The quantitative estimate of drug-likeness (QED) is 0.270. The number of carbonyl (C=O) groups excluding carboxylic acids is 1. The summed E-state index contributed by atoms with van der Waals surface area (Å²) < 4.78 is 15.3. The molecule has 1 saturated heterocycles. The molecule has 6 nitrogen and oxygen atoms in total. The van der Waals surface area contributed by atoms with E-state index in [1.165, 1.54) is 11.6 Å². The predicted octanol–water partition coefficient (Wildman–Crippen LogP) is 6.01. The second-order valence-electron chi connectivity index (χ2n) is 9.23. The van der Waals surface area contributed by atoms with Crippen LogP contribution in [0.25, 0.3) is 10.2 Å². The topological polar surface area (TPSA) is 80.7 Å². The molecule has 1 amide bonds. The molecule has 5 rings (SSSR count). The Hall–Kier alpha value is -2.75. The highest BCUT2D eigenvalue weighted by atomic mass is 32.2. The number of thioether (sulfide) groups is 1. The minimum absolute atomic E-state index is 0.0133. The summed E-state index contributed by atoms with van der Waals surface area (Å²) in [5.74, 6) is 0.810. The second kappa shape index (κ2) is 11.8. The van der Waals surface area contributed by atoms with Gasteiger partial charge in [0.15, 0.2) is 10.6 Å². The molecule has 2 heterocycles. The van der Waals surface area contributed by atoms with Crippen LogP contribution in [0.2, 0.25) is 0 Å². The number of carbonyl (C=O) groups is 1. The van der Waals surface area contributed by atoms with Crippen LogP contribution < -0.4 is 5.32 Å². The molecule has 1 aliphatic rings. The molecule has 0 spiro atoms. The summed E-state index contributed by atoms with van der Waals surface area (Å²) in [5, 5.41) is 12.3. The first kappa shape index (κ1) is 25.9. The highest BCUT2D eigenvalue weighted by Crippen LogP contribution is 2.43. The molecule has 192 valence electrons. The fourth-order valence-electron chi connectivity index (χ4n) is 4.40. The van der Waals surface area contributed by atoms with E-state index >= 15 is 0 Å². The SMILES string of the molecule is CC(=O)NCc1ccc([C@H]2O[C@@H](CSc3nc4ccccc4s3)[C@@H](C)[C@@H](c3ccc(CO)cc3)O2)cc1. The number of aromatic nitrogens is 1. The molecule has 0 bridgehead atoms. The Labute approximate surface area is 225 Å². The van der Waals surface area contributed by atoms with Crippen LogP contribution in [-0.2, 0) is 27.4 Å². The molecule has 4 aromatic rings. The van der Waals surface area contributed by atoms with E-state index in [2.05, 4.69) is 18.3 Å². The average molecular weight is 535 g/mol. The third-order valence-electron chi connectivity index (χ3n) is 6.56. The van der Waals surface area contributed by atoms with Crippen molar-refractivity contribution in [2.45, 2.75) is 49.8 Å². The van der Waals surface area contributed by atoms with Crippen molar-refractivity contribution in [3.8, 4) is 0 Å². The lowest BCUT2D eigenvalue weighted by molar-refractivity contribution is -0.268. The summed E-state index contributed by atoms with van der Waals surface area (Å²) in [4.78, 5) is 16.0. The fraction of sp³-hybridized carbons (Fsp3) is 0.310. The van der Waals surface area contributed by atoms with Gasteiger partial charge in [-0.1, -0.05) is 79.3 Å². The molecular formula is C29H30N2O4S2. The lowest BCUT2D eigenvalue weighted by Crippen LogP contribution is -2.38. The van der Waals surface area contributed by atoms with Gasteiger partial charge in [-0.15, -0.1) is 11.3 Å². The molecule has 3 aromatic carbocycles. The van der Waals surface area contributed by atoms with Gasteiger partial charge in [0.25, 0.3) is 0 Å². The molecule has 0 saturated carbocycles. The number of fused-ring (bicyclic) bond motifs is 1. The lowest BCUT2D eigenvalue weighted by Gasteiger charge is -2.41. The Morgan fingerprint density at radius 1 is 1.00 bits per heavy atom. The Bertz CT molecular complexity index is 1310. The van der Waals surface area contributed by atoms with Crippen LogP contribution in [-0.4, -0.2) is 27.9 Å². The van der Waals surface area contributed by atoms with Gasteiger partial charge in [-0.3, -0.25) is 4.79 Å². The van der Waals surface area contributed by atoms with Gasteiger partial charge in [-0.2, -0.15) is 0 Å². The molecule has 0 aliphatic carbocycles. The monoisotopic (exact) mass is 534 g/mol. The molecule has 37 heavy (non-hydrogen) atoms.